The largest absolute Gasteiger partial charge is 0.394 e. The summed E-state index contributed by atoms with van der Waals surface area (Å²) < 4.78 is 0. The molecule has 0 heterocycles. The van der Waals surface area contributed by atoms with Crippen molar-refractivity contribution in [2.75, 3.05) is 6.61 Å². The molecule has 0 aliphatic heterocycles. The summed E-state index contributed by atoms with van der Waals surface area (Å²) in [5, 5.41) is 12.7. The zero-order valence-corrected chi connectivity index (χ0v) is 11.4. The molecule has 0 fully saturated rings. The Bertz CT molecular complexity index is 318. The fourth-order valence-corrected chi connectivity index (χ4v) is 1.95. The van der Waals surface area contributed by atoms with Gasteiger partial charge in [0.25, 0.3) is 0 Å². The fourth-order valence-electron chi connectivity index (χ4n) is 1.95. The Morgan fingerprint density at radius 1 is 1.06 bits per heavy atom. The van der Waals surface area contributed by atoms with Gasteiger partial charge < -0.3 is 10.4 Å². The monoisotopic (exact) mass is 235 g/mol. The number of hydrogen-bond acceptors (Lipinski definition) is 2. The predicted octanol–water partition coefficient (Wildman–Crippen LogP) is 3.23. The molecule has 2 heteroatoms. The van der Waals surface area contributed by atoms with E-state index in [0.29, 0.717) is 12.0 Å². The SMILES string of the molecule is CCC(C)c1ccc(C(CO)NC(C)C)cc1. The zero-order chi connectivity index (χ0) is 12.8. The summed E-state index contributed by atoms with van der Waals surface area (Å²) in [6.07, 6.45) is 1.16. The highest BCUT2D eigenvalue weighted by Gasteiger charge is 2.11. The summed E-state index contributed by atoms with van der Waals surface area (Å²) in [4.78, 5) is 0. The van der Waals surface area contributed by atoms with E-state index in [4.69, 9.17) is 0 Å². The molecule has 0 aliphatic rings. The van der Waals surface area contributed by atoms with Crippen LogP contribution in [0.4, 0.5) is 0 Å². The minimum Gasteiger partial charge on any atom is -0.394 e. The van der Waals surface area contributed by atoms with Gasteiger partial charge in [-0.1, -0.05) is 52.0 Å². The zero-order valence-electron chi connectivity index (χ0n) is 11.4. The number of hydrogen-bond donors (Lipinski definition) is 2. The molecule has 0 amide bonds. The van der Waals surface area contributed by atoms with Crippen LogP contribution < -0.4 is 5.32 Å². The third kappa shape index (κ3) is 4.14. The Balaban J connectivity index is 2.77. The second kappa shape index (κ2) is 6.77. The maximum absolute atomic E-state index is 9.39. The summed E-state index contributed by atoms with van der Waals surface area (Å²) >= 11 is 0. The molecule has 2 unspecified atom stereocenters. The van der Waals surface area contributed by atoms with Crippen molar-refractivity contribution >= 4 is 0 Å². The topological polar surface area (TPSA) is 32.3 Å². The number of benzene rings is 1. The summed E-state index contributed by atoms with van der Waals surface area (Å²) in [5.74, 6) is 0.606. The first-order valence-electron chi connectivity index (χ1n) is 6.55. The molecular formula is C15H25NO. The van der Waals surface area contributed by atoms with Crippen LogP contribution in [0.5, 0.6) is 0 Å². The lowest BCUT2D eigenvalue weighted by atomic mass is 9.96. The Kier molecular flexibility index (Phi) is 5.66. The second-order valence-electron chi connectivity index (χ2n) is 5.03. The standard InChI is InChI=1S/C15H25NO/c1-5-12(4)13-6-8-14(9-7-13)15(10-17)16-11(2)3/h6-9,11-12,15-17H,5,10H2,1-4H3. The van der Waals surface area contributed by atoms with Crippen LogP contribution >= 0.6 is 0 Å². The molecule has 0 radical (unpaired) electrons. The highest BCUT2D eigenvalue weighted by molar-refractivity contribution is 5.27. The van der Waals surface area contributed by atoms with Gasteiger partial charge in [0.15, 0.2) is 0 Å². The first kappa shape index (κ1) is 14.2. The molecule has 0 spiro atoms. The van der Waals surface area contributed by atoms with E-state index in [-0.39, 0.29) is 12.6 Å². The van der Waals surface area contributed by atoms with Crippen molar-refractivity contribution in [1.82, 2.24) is 5.32 Å². The minimum atomic E-state index is 0.0426. The molecule has 1 rings (SSSR count). The van der Waals surface area contributed by atoms with Gasteiger partial charge in [0.2, 0.25) is 0 Å². The van der Waals surface area contributed by atoms with E-state index in [1.54, 1.807) is 0 Å². The van der Waals surface area contributed by atoms with Gasteiger partial charge in [-0.3, -0.25) is 0 Å². The minimum absolute atomic E-state index is 0.0426. The van der Waals surface area contributed by atoms with Crippen molar-refractivity contribution in [2.45, 2.75) is 52.1 Å². The van der Waals surface area contributed by atoms with Gasteiger partial charge in [-0.25, -0.2) is 0 Å². The summed E-state index contributed by atoms with van der Waals surface area (Å²) in [5.41, 5.74) is 2.53. The average molecular weight is 235 g/mol. The highest BCUT2D eigenvalue weighted by Crippen LogP contribution is 2.21. The third-order valence-electron chi connectivity index (χ3n) is 3.24. The van der Waals surface area contributed by atoms with Crippen molar-refractivity contribution in [2.24, 2.45) is 0 Å². The van der Waals surface area contributed by atoms with Crippen molar-refractivity contribution in [1.29, 1.82) is 0 Å². The fraction of sp³-hybridized carbons (Fsp3) is 0.600. The highest BCUT2D eigenvalue weighted by atomic mass is 16.3. The number of aliphatic hydroxyl groups excluding tert-OH is 1. The van der Waals surface area contributed by atoms with E-state index in [1.807, 2.05) is 0 Å². The second-order valence-corrected chi connectivity index (χ2v) is 5.03. The summed E-state index contributed by atoms with van der Waals surface area (Å²) in [7, 11) is 0. The molecule has 0 bridgehead atoms. The molecule has 0 saturated carbocycles. The van der Waals surface area contributed by atoms with E-state index >= 15 is 0 Å². The lowest BCUT2D eigenvalue weighted by Gasteiger charge is -2.20. The van der Waals surface area contributed by atoms with Gasteiger partial charge in [-0.2, -0.15) is 0 Å². The van der Waals surface area contributed by atoms with Gasteiger partial charge in [-0.05, 0) is 23.5 Å². The summed E-state index contributed by atoms with van der Waals surface area (Å²) in [6.45, 7) is 8.77. The van der Waals surface area contributed by atoms with Crippen molar-refractivity contribution < 1.29 is 5.11 Å². The van der Waals surface area contributed by atoms with Crippen LogP contribution in [0.3, 0.4) is 0 Å². The average Bonchev–Trinajstić information content (AvgIpc) is 2.35. The van der Waals surface area contributed by atoms with Crippen LogP contribution in [-0.2, 0) is 0 Å². The number of nitrogens with one attached hydrogen (secondary N) is 1. The molecule has 1 aromatic rings. The van der Waals surface area contributed by atoms with E-state index in [0.717, 1.165) is 12.0 Å². The third-order valence-corrected chi connectivity index (χ3v) is 3.24. The van der Waals surface area contributed by atoms with Crippen LogP contribution in [0.15, 0.2) is 24.3 Å². The number of aliphatic hydroxyl groups is 1. The molecule has 0 aliphatic carbocycles. The van der Waals surface area contributed by atoms with Gasteiger partial charge in [0, 0.05) is 6.04 Å². The normalized spacial score (nSPS) is 14.9. The van der Waals surface area contributed by atoms with Crippen LogP contribution in [-0.4, -0.2) is 17.8 Å². The molecule has 0 saturated heterocycles. The maximum atomic E-state index is 9.39. The lowest BCUT2D eigenvalue weighted by Crippen LogP contribution is -2.30. The van der Waals surface area contributed by atoms with Crippen LogP contribution in [0.25, 0.3) is 0 Å². The van der Waals surface area contributed by atoms with E-state index in [9.17, 15) is 5.11 Å². The molecule has 0 aromatic heterocycles. The first-order valence-corrected chi connectivity index (χ1v) is 6.55. The van der Waals surface area contributed by atoms with Crippen molar-refractivity contribution in [3.63, 3.8) is 0 Å². The molecule has 1 aromatic carbocycles. The van der Waals surface area contributed by atoms with Crippen molar-refractivity contribution in [3.05, 3.63) is 35.4 Å². The van der Waals surface area contributed by atoms with Crippen LogP contribution in [0, 0.1) is 0 Å². The van der Waals surface area contributed by atoms with Gasteiger partial charge in [0.1, 0.15) is 0 Å². The lowest BCUT2D eigenvalue weighted by molar-refractivity contribution is 0.237. The molecule has 2 atom stereocenters. The first-order chi connectivity index (χ1) is 8.08. The smallest absolute Gasteiger partial charge is 0.0626 e. The number of rotatable bonds is 6. The Morgan fingerprint density at radius 3 is 2.00 bits per heavy atom. The quantitative estimate of drug-likeness (QED) is 0.793. The van der Waals surface area contributed by atoms with Gasteiger partial charge in [0.05, 0.1) is 12.6 Å². The molecule has 96 valence electrons. The van der Waals surface area contributed by atoms with Crippen LogP contribution in [0.1, 0.15) is 57.2 Å². The van der Waals surface area contributed by atoms with E-state index in [1.165, 1.54) is 5.56 Å². The molecule has 2 N–H and O–H groups in total. The van der Waals surface area contributed by atoms with Crippen molar-refractivity contribution in [3.8, 4) is 0 Å². The Hall–Kier alpha value is -0.860. The molecule has 17 heavy (non-hydrogen) atoms. The molecule has 2 nitrogen and oxygen atoms in total. The predicted molar refractivity (Wildman–Crippen MR) is 73.2 cm³/mol. The van der Waals surface area contributed by atoms with E-state index in [2.05, 4.69) is 57.3 Å². The van der Waals surface area contributed by atoms with Crippen LogP contribution in [0.2, 0.25) is 0 Å². The molecular weight excluding hydrogens is 210 g/mol. The van der Waals surface area contributed by atoms with Gasteiger partial charge in [-0.15, -0.1) is 0 Å². The summed E-state index contributed by atoms with van der Waals surface area (Å²) in [6, 6.07) is 9.01. The van der Waals surface area contributed by atoms with E-state index < -0.39 is 0 Å². The Labute approximate surface area is 105 Å². The van der Waals surface area contributed by atoms with Gasteiger partial charge >= 0.3 is 0 Å². The Morgan fingerprint density at radius 2 is 1.59 bits per heavy atom. The maximum Gasteiger partial charge on any atom is 0.0626 e.